The van der Waals surface area contributed by atoms with Gasteiger partial charge in [0, 0.05) is 32.1 Å². The predicted octanol–water partition coefficient (Wildman–Crippen LogP) is 3.82. The van der Waals surface area contributed by atoms with Crippen molar-refractivity contribution in [1.29, 1.82) is 0 Å². The van der Waals surface area contributed by atoms with Gasteiger partial charge in [0.25, 0.3) is 0 Å². The number of rotatable bonds is 7. The van der Waals surface area contributed by atoms with Gasteiger partial charge in [0.2, 0.25) is 0 Å². The van der Waals surface area contributed by atoms with Crippen molar-refractivity contribution in [3.8, 4) is 0 Å². The predicted molar refractivity (Wildman–Crippen MR) is 104 cm³/mol. The molecule has 2 aromatic rings. The van der Waals surface area contributed by atoms with E-state index in [1.165, 1.54) is 23.3 Å². The normalized spacial score (nSPS) is 16.0. The topological polar surface area (TPSA) is 27.6 Å². The highest BCUT2D eigenvalue weighted by molar-refractivity contribution is 7.09. The number of nitrogens with one attached hydrogen (secondary N) is 1. The molecule has 1 saturated carbocycles. The second kappa shape index (κ2) is 7.84. The first-order valence-corrected chi connectivity index (χ1v) is 9.57. The average molecular weight is 342 g/mol. The van der Waals surface area contributed by atoms with Crippen molar-refractivity contribution in [3.63, 3.8) is 0 Å². The summed E-state index contributed by atoms with van der Waals surface area (Å²) in [6.07, 6.45) is 4.86. The molecule has 1 aliphatic rings. The van der Waals surface area contributed by atoms with Crippen molar-refractivity contribution < 1.29 is 0 Å². The van der Waals surface area contributed by atoms with Crippen LogP contribution >= 0.6 is 11.3 Å². The second-order valence-electron chi connectivity index (χ2n) is 6.81. The zero-order valence-corrected chi connectivity index (χ0v) is 15.5. The molecule has 0 saturated heterocycles. The molecule has 3 nitrogen and oxygen atoms in total. The Morgan fingerprint density at radius 2 is 2.00 bits per heavy atom. The van der Waals surface area contributed by atoms with Crippen molar-refractivity contribution >= 4 is 17.3 Å². The molecule has 0 bridgehead atoms. The summed E-state index contributed by atoms with van der Waals surface area (Å²) in [6.45, 7) is 2.00. The number of nitrogens with zero attached hydrogens (tertiary/aromatic N) is 2. The minimum atomic E-state index is 0.423. The van der Waals surface area contributed by atoms with Crippen molar-refractivity contribution in [2.24, 2.45) is 10.4 Å². The Morgan fingerprint density at radius 3 is 2.62 bits per heavy atom. The van der Waals surface area contributed by atoms with Crippen LogP contribution in [0.3, 0.4) is 0 Å². The molecule has 0 atom stereocenters. The molecule has 1 aromatic heterocycles. The van der Waals surface area contributed by atoms with E-state index in [9.17, 15) is 0 Å². The van der Waals surface area contributed by atoms with Crippen LogP contribution in [0, 0.1) is 5.41 Å². The summed E-state index contributed by atoms with van der Waals surface area (Å²) in [6, 6.07) is 15.2. The molecule has 0 amide bonds. The lowest BCUT2D eigenvalue weighted by Crippen LogP contribution is -2.42. The zero-order valence-electron chi connectivity index (χ0n) is 14.7. The summed E-state index contributed by atoms with van der Waals surface area (Å²) in [5.41, 5.74) is 1.86. The number of guanidine groups is 1. The Kier molecular flexibility index (Phi) is 5.56. The maximum Gasteiger partial charge on any atom is 0.193 e. The lowest BCUT2D eigenvalue weighted by atomic mass is 9.96. The molecule has 1 aliphatic carbocycles. The number of benzene rings is 1. The minimum absolute atomic E-state index is 0.423. The van der Waals surface area contributed by atoms with Crippen LogP contribution in [0.2, 0.25) is 0 Å². The van der Waals surface area contributed by atoms with Crippen molar-refractivity contribution in [3.05, 3.63) is 58.3 Å². The summed E-state index contributed by atoms with van der Waals surface area (Å²) in [5.74, 6) is 1.01. The van der Waals surface area contributed by atoms with Gasteiger partial charge >= 0.3 is 0 Å². The molecule has 0 spiro atoms. The fourth-order valence-corrected chi connectivity index (χ4v) is 3.81. The van der Waals surface area contributed by atoms with Crippen LogP contribution in [-0.4, -0.2) is 38.0 Å². The van der Waals surface area contributed by atoms with Crippen molar-refractivity contribution in [1.82, 2.24) is 10.2 Å². The SMILES string of the molecule is CN=C(NCC1(Cc2ccccc2)CC1)N(C)CCc1cccs1. The van der Waals surface area contributed by atoms with Crippen LogP contribution in [0.25, 0.3) is 0 Å². The molecule has 4 heteroatoms. The third-order valence-corrected chi connectivity index (χ3v) is 5.78. The zero-order chi connectivity index (χ0) is 16.8. The molecule has 1 fully saturated rings. The van der Waals surface area contributed by atoms with E-state index in [-0.39, 0.29) is 0 Å². The van der Waals surface area contributed by atoms with Gasteiger partial charge in [-0.2, -0.15) is 0 Å². The summed E-state index contributed by atoms with van der Waals surface area (Å²) < 4.78 is 0. The van der Waals surface area contributed by atoms with Crippen LogP contribution in [0.4, 0.5) is 0 Å². The molecule has 1 aromatic carbocycles. The Hall–Kier alpha value is -1.81. The molecule has 0 unspecified atom stereocenters. The van der Waals surface area contributed by atoms with Crippen LogP contribution < -0.4 is 5.32 Å². The first-order chi connectivity index (χ1) is 11.7. The van der Waals surface area contributed by atoms with E-state index in [4.69, 9.17) is 0 Å². The smallest absolute Gasteiger partial charge is 0.193 e. The van der Waals surface area contributed by atoms with E-state index in [2.05, 4.69) is 70.1 Å². The molecule has 0 aliphatic heterocycles. The number of thiophene rings is 1. The summed E-state index contributed by atoms with van der Waals surface area (Å²) in [5, 5.41) is 5.74. The second-order valence-corrected chi connectivity index (χ2v) is 7.85. The minimum Gasteiger partial charge on any atom is -0.356 e. The Bertz CT molecular complexity index is 645. The highest BCUT2D eigenvalue weighted by Crippen LogP contribution is 2.47. The standard InChI is InChI=1S/C20H27N3S/c1-21-19(23(2)13-10-18-9-6-14-24-18)22-16-20(11-12-20)15-17-7-4-3-5-8-17/h3-9,14H,10-13,15-16H2,1-2H3,(H,21,22). The van der Waals surface area contributed by atoms with Gasteiger partial charge < -0.3 is 10.2 Å². The van der Waals surface area contributed by atoms with E-state index in [1.54, 1.807) is 0 Å². The first kappa shape index (κ1) is 17.0. The van der Waals surface area contributed by atoms with Crippen LogP contribution in [0.5, 0.6) is 0 Å². The molecule has 3 rings (SSSR count). The molecule has 1 N–H and O–H groups in total. The largest absolute Gasteiger partial charge is 0.356 e. The number of hydrogen-bond donors (Lipinski definition) is 1. The third kappa shape index (κ3) is 4.60. The molecular weight excluding hydrogens is 314 g/mol. The van der Waals surface area contributed by atoms with E-state index in [0.29, 0.717) is 5.41 Å². The average Bonchev–Trinajstić information content (AvgIpc) is 3.16. The third-order valence-electron chi connectivity index (χ3n) is 4.85. The summed E-state index contributed by atoms with van der Waals surface area (Å²) in [4.78, 5) is 8.13. The summed E-state index contributed by atoms with van der Waals surface area (Å²) >= 11 is 1.83. The molecule has 128 valence electrons. The Labute approximate surface area is 149 Å². The Balaban J connectivity index is 1.48. The Morgan fingerprint density at radius 1 is 1.21 bits per heavy atom. The quantitative estimate of drug-likeness (QED) is 0.612. The van der Waals surface area contributed by atoms with E-state index in [0.717, 1.165) is 31.9 Å². The summed E-state index contributed by atoms with van der Waals surface area (Å²) in [7, 11) is 4.00. The number of aliphatic imine (C=N–C) groups is 1. The van der Waals surface area contributed by atoms with Gasteiger partial charge in [-0.15, -0.1) is 11.3 Å². The number of hydrogen-bond acceptors (Lipinski definition) is 2. The highest BCUT2D eigenvalue weighted by Gasteiger charge is 2.42. The van der Waals surface area contributed by atoms with Gasteiger partial charge in [0.05, 0.1) is 0 Å². The van der Waals surface area contributed by atoms with E-state index in [1.807, 2.05) is 18.4 Å². The van der Waals surface area contributed by atoms with Gasteiger partial charge in [-0.1, -0.05) is 36.4 Å². The van der Waals surface area contributed by atoms with Gasteiger partial charge in [0.15, 0.2) is 5.96 Å². The van der Waals surface area contributed by atoms with Gasteiger partial charge in [-0.05, 0) is 48.1 Å². The van der Waals surface area contributed by atoms with Crippen molar-refractivity contribution in [2.75, 3.05) is 27.2 Å². The molecule has 0 radical (unpaired) electrons. The van der Waals surface area contributed by atoms with Crippen LogP contribution in [-0.2, 0) is 12.8 Å². The fraction of sp³-hybridized carbons (Fsp3) is 0.450. The van der Waals surface area contributed by atoms with Crippen molar-refractivity contribution in [2.45, 2.75) is 25.7 Å². The van der Waals surface area contributed by atoms with Gasteiger partial charge in [-0.3, -0.25) is 4.99 Å². The van der Waals surface area contributed by atoms with E-state index < -0.39 is 0 Å². The highest BCUT2D eigenvalue weighted by atomic mass is 32.1. The van der Waals surface area contributed by atoms with Crippen LogP contribution in [0.1, 0.15) is 23.3 Å². The molecule has 1 heterocycles. The fourth-order valence-electron chi connectivity index (χ4n) is 3.11. The first-order valence-electron chi connectivity index (χ1n) is 8.69. The maximum absolute atomic E-state index is 4.46. The van der Waals surface area contributed by atoms with Crippen LogP contribution in [0.15, 0.2) is 52.8 Å². The van der Waals surface area contributed by atoms with Gasteiger partial charge in [0.1, 0.15) is 0 Å². The lowest BCUT2D eigenvalue weighted by Gasteiger charge is -2.24. The molecule has 24 heavy (non-hydrogen) atoms. The van der Waals surface area contributed by atoms with Gasteiger partial charge in [-0.25, -0.2) is 0 Å². The van der Waals surface area contributed by atoms with E-state index >= 15 is 0 Å². The monoisotopic (exact) mass is 341 g/mol. The maximum atomic E-state index is 4.46. The molecular formula is C20H27N3S. The number of likely N-dealkylation sites (N-methyl/N-ethyl adjacent to an activating group) is 1. The lowest BCUT2D eigenvalue weighted by molar-refractivity contribution is 0.448.